The Labute approximate surface area is 203 Å². The van der Waals surface area contributed by atoms with Crippen molar-refractivity contribution in [1.29, 1.82) is 0 Å². The van der Waals surface area contributed by atoms with Gasteiger partial charge in [-0.2, -0.15) is 0 Å². The van der Waals surface area contributed by atoms with Crippen LogP contribution in [0.2, 0.25) is 0 Å². The Hall–Kier alpha value is -3.84. The minimum atomic E-state index is -0.352. The van der Waals surface area contributed by atoms with Crippen LogP contribution < -0.4 is 20.1 Å². The summed E-state index contributed by atoms with van der Waals surface area (Å²) >= 11 is 1.53. The highest BCUT2D eigenvalue weighted by Gasteiger charge is 2.26. The van der Waals surface area contributed by atoms with Gasteiger partial charge in [0.15, 0.2) is 11.5 Å². The normalized spacial score (nSPS) is 11.5. The van der Waals surface area contributed by atoms with Crippen LogP contribution in [0.5, 0.6) is 11.5 Å². The number of carbonyl (C=O) groups is 1. The van der Waals surface area contributed by atoms with E-state index >= 15 is 0 Å². The Morgan fingerprint density at radius 2 is 1.74 bits per heavy atom. The molecular formula is C27H27N3O3S. The maximum atomic E-state index is 13.0. The molecule has 0 spiro atoms. The van der Waals surface area contributed by atoms with Crippen LogP contribution >= 0.6 is 11.3 Å². The summed E-state index contributed by atoms with van der Waals surface area (Å²) in [6, 6.07) is 20.6. The molecule has 0 fully saturated rings. The van der Waals surface area contributed by atoms with E-state index in [-0.39, 0.29) is 11.9 Å². The van der Waals surface area contributed by atoms with E-state index in [4.69, 9.17) is 9.47 Å². The zero-order chi connectivity index (χ0) is 24.1. The van der Waals surface area contributed by atoms with Gasteiger partial charge in [0.1, 0.15) is 10.8 Å². The quantitative estimate of drug-likeness (QED) is 0.317. The number of para-hydroxylation sites is 1. The van der Waals surface area contributed by atoms with E-state index in [1.165, 1.54) is 11.3 Å². The number of benzene rings is 2. The van der Waals surface area contributed by atoms with Crippen LogP contribution in [0, 0.1) is 13.8 Å². The first-order chi connectivity index (χ1) is 16.5. The third kappa shape index (κ3) is 5.05. The molecule has 0 bridgehead atoms. The molecule has 0 saturated heterocycles. The predicted molar refractivity (Wildman–Crippen MR) is 137 cm³/mol. The molecular weight excluding hydrogens is 446 g/mol. The number of hydrogen-bond donors (Lipinski definition) is 2. The maximum Gasteiger partial charge on any atom is 0.256 e. The zero-order valence-corrected chi connectivity index (χ0v) is 20.4. The van der Waals surface area contributed by atoms with Gasteiger partial charge in [-0.25, -0.2) is 4.98 Å². The Balaban J connectivity index is 1.81. The fourth-order valence-corrected chi connectivity index (χ4v) is 4.78. The molecule has 1 atom stereocenters. The number of hydrogen-bond acceptors (Lipinski definition) is 6. The van der Waals surface area contributed by atoms with Crippen LogP contribution in [0.1, 0.15) is 38.0 Å². The Morgan fingerprint density at radius 1 is 0.941 bits per heavy atom. The van der Waals surface area contributed by atoms with Crippen molar-refractivity contribution in [2.24, 2.45) is 0 Å². The summed E-state index contributed by atoms with van der Waals surface area (Å²) in [5, 5.41) is 7.43. The van der Waals surface area contributed by atoms with Gasteiger partial charge in [0, 0.05) is 27.8 Å². The standard InChI is InChI=1S/C27H27N3O3S/c1-17-13-14-28-23(15-17)29-24(20-11-8-12-22(32-3)25(20)33-4)21-16-18(2)34-27(21)30-26(31)19-9-6-5-7-10-19/h5-16,24H,1-4H3,(H,28,29)(H,30,31)/t24-/m1/s1. The van der Waals surface area contributed by atoms with Crippen LogP contribution in [0.15, 0.2) is 72.9 Å². The number of methoxy groups -OCH3 is 2. The van der Waals surface area contributed by atoms with Gasteiger partial charge >= 0.3 is 0 Å². The number of anilines is 2. The van der Waals surface area contributed by atoms with Crippen molar-refractivity contribution in [3.05, 3.63) is 100 Å². The molecule has 0 aliphatic heterocycles. The molecule has 0 unspecified atom stereocenters. The van der Waals surface area contributed by atoms with Crippen molar-refractivity contribution in [3.8, 4) is 11.5 Å². The van der Waals surface area contributed by atoms with Crippen molar-refractivity contribution >= 4 is 28.1 Å². The van der Waals surface area contributed by atoms with Gasteiger partial charge < -0.3 is 20.1 Å². The molecule has 4 rings (SSSR count). The number of pyridine rings is 1. The average Bonchev–Trinajstić information content (AvgIpc) is 3.22. The monoisotopic (exact) mass is 473 g/mol. The number of aromatic nitrogens is 1. The number of rotatable bonds is 8. The highest BCUT2D eigenvalue weighted by molar-refractivity contribution is 7.16. The van der Waals surface area contributed by atoms with Crippen molar-refractivity contribution < 1.29 is 14.3 Å². The molecule has 7 heteroatoms. The fraction of sp³-hybridized carbons (Fsp3) is 0.185. The molecule has 4 aromatic rings. The first-order valence-corrected chi connectivity index (χ1v) is 11.7. The van der Waals surface area contributed by atoms with Crippen LogP contribution in [-0.2, 0) is 0 Å². The number of ether oxygens (including phenoxy) is 2. The van der Waals surface area contributed by atoms with Crippen molar-refractivity contribution in [2.75, 3.05) is 24.9 Å². The van der Waals surface area contributed by atoms with E-state index < -0.39 is 0 Å². The van der Waals surface area contributed by atoms with E-state index in [1.54, 1.807) is 32.5 Å². The second-order valence-electron chi connectivity index (χ2n) is 7.84. The first kappa shape index (κ1) is 23.3. The average molecular weight is 474 g/mol. The summed E-state index contributed by atoms with van der Waals surface area (Å²) in [4.78, 5) is 18.6. The molecule has 2 heterocycles. The summed E-state index contributed by atoms with van der Waals surface area (Å²) < 4.78 is 11.3. The lowest BCUT2D eigenvalue weighted by atomic mass is 9.98. The Kier molecular flexibility index (Phi) is 7.13. The first-order valence-electron chi connectivity index (χ1n) is 10.9. The molecule has 34 heavy (non-hydrogen) atoms. The molecule has 0 saturated carbocycles. The molecule has 6 nitrogen and oxygen atoms in total. The Bertz CT molecular complexity index is 1290. The Morgan fingerprint density at radius 3 is 2.44 bits per heavy atom. The molecule has 2 N–H and O–H groups in total. The summed E-state index contributed by atoms with van der Waals surface area (Å²) in [7, 11) is 3.24. The number of aryl methyl sites for hydroxylation is 2. The molecule has 0 aliphatic carbocycles. The van der Waals surface area contributed by atoms with Gasteiger partial charge in [-0.05, 0) is 55.8 Å². The number of thiophene rings is 1. The summed E-state index contributed by atoms with van der Waals surface area (Å²) in [5.74, 6) is 1.82. The fourth-order valence-electron chi connectivity index (χ4n) is 3.84. The molecule has 0 radical (unpaired) electrons. The third-order valence-corrected chi connectivity index (χ3v) is 6.39. The van der Waals surface area contributed by atoms with Crippen molar-refractivity contribution in [1.82, 2.24) is 4.98 Å². The van der Waals surface area contributed by atoms with E-state index in [0.717, 1.165) is 32.4 Å². The predicted octanol–water partition coefficient (Wildman–Crippen LogP) is 6.23. The number of amides is 1. The lowest BCUT2D eigenvalue weighted by Gasteiger charge is -2.24. The summed E-state index contributed by atoms with van der Waals surface area (Å²) in [6.07, 6.45) is 1.77. The number of nitrogens with zero attached hydrogens (tertiary/aromatic N) is 1. The number of nitrogens with one attached hydrogen (secondary N) is 2. The van der Waals surface area contributed by atoms with E-state index in [1.807, 2.05) is 62.4 Å². The molecule has 1 amide bonds. The van der Waals surface area contributed by atoms with Crippen LogP contribution in [0.25, 0.3) is 0 Å². The van der Waals surface area contributed by atoms with Gasteiger partial charge in [0.2, 0.25) is 0 Å². The van der Waals surface area contributed by atoms with Crippen molar-refractivity contribution in [2.45, 2.75) is 19.9 Å². The summed E-state index contributed by atoms with van der Waals surface area (Å²) in [5.41, 5.74) is 3.48. The second kappa shape index (κ2) is 10.4. The van der Waals surface area contributed by atoms with Crippen LogP contribution in [0.3, 0.4) is 0 Å². The largest absolute Gasteiger partial charge is 0.493 e. The SMILES string of the molecule is COc1cccc([C@@H](Nc2cc(C)ccn2)c2cc(C)sc2NC(=O)c2ccccc2)c1OC. The maximum absolute atomic E-state index is 13.0. The van der Waals surface area contributed by atoms with Crippen molar-refractivity contribution in [3.63, 3.8) is 0 Å². The molecule has 2 aromatic heterocycles. The highest BCUT2D eigenvalue weighted by atomic mass is 32.1. The third-order valence-electron chi connectivity index (χ3n) is 5.41. The van der Waals surface area contributed by atoms with Gasteiger partial charge in [-0.1, -0.05) is 30.3 Å². The van der Waals surface area contributed by atoms with Gasteiger partial charge in [-0.3, -0.25) is 4.79 Å². The number of carbonyl (C=O) groups excluding carboxylic acids is 1. The summed E-state index contributed by atoms with van der Waals surface area (Å²) in [6.45, 7) is 4.05. The van der Waals surface area contributed by atoms with E-state index in [0.29, 0.717) is 17.1 Å². The van der Waals surface area contributed by atoms with Crippen LogP contribution in [-0.4, -0.2) is 25.1 Å². The molecule has 2 aromatic carbocycles. The second-order valence-corrected chi connectivity index (χ2v) is 9.10. The van der Waals surface area contributed by atoms with Crippen LogP contribution in [0.4, 0.5) is 10.8 Å². The van der Waals surface area contributed by atoms with E-state index in [2.05, 4.69) is 21.7 Å². The molecule has 174 valence electrons. The lowest BCUT2D eigenvalue weighted by Crippen LogP contribution is -2.18. The highest BCUT2D eigenvalue weighted by Crippen LogP contribution is 2.43. The van der Waals surface area contributed by atoms with Gasteiger partial charge in [0.25, 0.3) is 5.91 Å². The minimum absolute atomic E-state index is 0.159. The smallest absolute Gasteiger partial charge is 0.256 e. The zero-order valence-electron chi connectivity index (χ0n) is 19.6. The minimum Gasteiger partial charge on any atom is -0.493 e. The molecule has 0 aliphatic rings. The lowest BCUT2D eigenvalue weighted by molar-refractivity contribution is 0.102. The van der Waals surface area contributed by atoms with Gasteiger partial charge in [-0.15, -0.1) is 11.3 Å². The van der Waals surface area contributed by atoms with E-state index in [9.17, 15) is 4.79 Å². The van der Waals surface area contributed by atoms with Gasteiger partial charge in [0.05, 0.1) is 20.3 Å². The topological polar surface area (TPSA) is 72.5 Å².